The third kappa shape index (κ3) is 9.55. The number of benzene rings is 2. The lowest BCUT2D eigenvalue weighted by Gasteiger charge is -2.14. The lowest BCUT2D eigenvalue weighted by atomic mass is 10.1. The summed E-state index contributed by atoms with van der Waals surface area (Å²) in [5, 5.41) is 13.1. The number of phenolic OH excluding ortho intramolecular Hbond substituents is 1. The number of unbranched alkanes of at least 4 members (excludes halogenated alkanes) is 9. The summed E-state index contributed by atoms with van der Waals surface area (Å²) in [7, 11) is -3.59. The maximum absolute atomic E-state index is 12.8. The molecule has 0 unspecified atom stereocenters. The summed E-state index contributed by atoms with van der Waals surface area (Å²) < 4.78 is 27.8. The fraction of sp³-hybridized carbons (Fsp3) is 0.500. The number of para-hydroxylation sites is 1. The van der Waals surface area contributed by atoms with E-state index in [1.807, 2.05) is 0 Å². The summed E-state index contributed by atoms with van der Waals surface area (Å²) >= 11 is 6.09. The Kier molecular flexibility index (Phi) is 11.7. The number of amides is 1. The fourth-order valence-corrected chi connectivity index (χ4v) is 5.09. The van der Waals surface area contributed by atoms with E-state index in [9.17, 15) is 18.3 Å². The maximum Gasteiger partial charge on any atom is 0.257 e. The minimum Gasteiger partial charge on any atom is -0.506 e. The molecule has 2 aromatic rings. The molecule has 0 aliphatic rings. The molecule has 0 fully saturated rings. The molecule has 34 heavy (non-hydrogen) atoms. The molecule has 0 atom stereocenters. The van der Waals surface area contributed by atoms with E-state index in [1.165, 1.54) is 56.7 Å². The van der Waals surface area contributed by atoms with Gasteiger partial charge in [0.2, 0.25) is 10.0 Å². The van der Waals surface area contributed by atoms with E-state index < -0.39 is 15.9 Å². The highest BCUT2D eigenvalue weighted by Crippen LogP contribution is 2.31. The van der Waals surface area contributed by atoms with Crippen LogP contribution in [0, 0.1) is 6.92 Å². The van der Waals surface area contributed by atoms with Crippen LogP contribution in [0.25, 0.3) is 0 Å². The predicted octanol–water partition coefficient (Wildman–Crippen LogP) is 7.27. The molecule has 0 saturated carbocycles. The summed E-state index contributed by atoms with van der Waals surface area (Å²) in [5.74, 6) is -0.657. The van der Waals surface area contributed by atoms with Crippen LogP contribution in [0.2, 0.25) is 5.02 Å². The third-order valence-corrected chi connectivity index (χ3v) is 7.49. The van der Waals surface area contributed by atoms with Crippen LogP contribution in [0.1, 0.15) is 87.1 Å². The Morgan fingerprint density at radius 2 is 1.50 bits per heavy atom. The minimum absolute atomic E-state index is 0.00775. The zero-order chi connectivity index (χ0) is 25.0. The van der Waals surface area contributed by atoms with Crippen LogP contribution in [0.4, 0.5) is 11.4 Å². The first-order valence-corrected chi connectivity index (χ1v) is 14.2. The van der Waals surface area contributed by atoms with Crippen molar-refractivity contribution in [1.82, 2.24) is 0 Å². The molecule has 6 nitrogen and oxygen atoms in total. The van der Waals surface area contributed by atoms with Gasteiger partial charge >= 0.3 is 0 Å². The van der Waals surface area contributed by atoms with Crippen LogP contribution in [-0.2, 0) is 10.0 Å². The number of hydrogen-bond donors (Lipinski definition) is 3. The van der Waals surface area contributed by atoms with Crippen LogP contribution in [0.3, 0.4) is 0 Å². The van der Waals surface area contributed by atoms with Crippen LogP contribution >= 0.6 is 11.6 Å². The molecule has 0 heterocycles. The van der Waals surface area contributed by atoms with Gasteiger partial charge in [-0.05, 0) is 43.2 Å². The Morgan fingerprint density at radius 1 is 0.912 bits per heavy atom. The van der Waals surface area contributed by atoms with Gasteiger partial charge in [0.05, 0.1) is 22.7 Å². The third-order valence-electron chi connectivity index (χ3n) is 5.73. The summed E-state index contributed by atoms with van der Waals surface area (Å²) in [5.41, 5.74) is 1.19. The normalized spacial score (nSPS) is 11.4. The second kappa shape index (κ2) is 14.2. The Bertz CT molecular complexity index is 1040. The van der Waals surface area contributed by atoms with Gasteiger partial charge in [-0.25, -0.2) is 8.42 Å². The van der Waals surface area contributed by atoms with Gasteiger partial charge in [0.1, 0.15) is 5.75 Å². The molecule has 0 bridgehead atoms. The Labute approximate surface area is 209 Å². The first kappa shape index (κ1) is 28.0. The van der Waals surface area contributed by atoms with Crippen molar-refractivity contribution < 1.29 is 18.3 Å². The number of rotatable bonds is 15. The van der Waals surface area contributed by atoms with Gasteiger partial charge in [-0.2, -0.15) is 0 Å². The van der Waals surface area contributed by atoms with Gasteiger partial charge in [0.25, 0.3) is 5.91 Å². The van der Waals surface area contributed by atoms with Crippen molar-refractivity contribution in [2.24, 2.45) is 0 Å². The number of carbonyl (C=O) groups is 1. The van der Waals surface area contributed by atoms with Crippen molar-refractivity contribution in [1.29, 1.82) is 0 Å². The van der Waals surface area contributed by atoms with Crippen molar-refractivity contribution in [3.8, 4) is 5.75 Å². The van der Waals surface area contributed by atoms with Crippen LogP contribution in [-0.4, -0.2) is 25.2 Å². The number of nitrogens with one attached hydrogen (secondary N) is 2. The van der Waals surface area contributed by atoms with E-state index in [0.717, 1.165) is 19.3 Å². The highest BCUT2D eigenvalue weighted by Gasteiger charge is 2.18. The summed E-state index contributed by atoms with van der Waals surface area (Å²) in [6.07, 6.45) is 11.2. The lowest BCUT2D eigenvalue weighted by Crippen LogP contribution is -2.20. The van der Waals surface area contributed by atoms with Gasteiger partial charge in [0.15, 0.2) is 0 Å². The van der Waals surface area contributed by atoms with E-state index in [4.69, 9.17) is 11.6 Å². The molecule has 2 rings (SSSR count). The topological polar surface area (TPSA) is 95.5 Å². The van der Waals surface area contributed by atoms with Crippen LogP contribution in [0.15, 0.2) is 36.4 Å². The van der Waals surface area contributed by atoms with E-state index >= 15 is 0 Å². The minimum atomic E-state index is -3.59. The van der Waals surface area contributed by atoms with Gasteiger partial charge in [-0.1, -0.05) is 88.4 Å². The first-order chi connectivity index (χ1) is 16.2. The smallest absolute Gasteiger partial charge is 0.257 e. The fourth-order valence-electron chi connectivity index (χ4n) is 3.72. The molecular weight excluding hydrogens is 472 g/mol. The summed E-state index contributed by atoms with van der Waals surface area (Å²) in [6, 6.07) is 9.31. The van der Waals surface area contributed by atoms with E-state index in [1.54, 1.807) is 25.1 Å². The molecule has 0 radical (unpaired) electrons. The Balaban J connectivity index is 1.86. The lowest BCUT2D eigenvalue weighted by molar-refractivity contribution is 0.102. The second-order valence-electron chi connectivity index (χ2n) is 8.72. The highest BCUT2D eigenvalue weighted by molar-refractivity contribution is 7.92. The molecule has 2 aromatic carbocycles. The zero-order valence-electron chi connectivity index (χ0n) is 20.2. The van der Waals surface area contributed by atoms with Crippen molar-refractivity contribution in [3.05, 3.63) is 52.5 Å². The largest absolute Gasteiger partial charge is 0.506 e. The quantitative estimate of drug-likeness (QED) is 0.174. The second-order valence-corrected chi connectivity index (χ2v) is 11.0. The van der Waals surface area contributed by atoms with Crippen molar-refractivity contribution in [2.75, 3.05) is 15.8 Å². The highest BCUT2D eigenvalue weighted by atomic mass is 35.5. The number of carbonyl (C=O) groups excluding carboxylic acids is 1. The number of aromatic hydroxyl groups is 1. The number of aryl methyl sites for hydroxylation is 1. The number of halogens is 1. The SMILES string of the molecule is CCCCCCCCCCCCS(=O)(=O)Nc1ccccc1C(=O)Nc1cc(Cl)c(C)cc1O. The zero-order valence-corrected chi connectivity index (χ0v) is 21.8. The van der Waals surface area contributed by atoms with E-state index in [-0.39, 0.29) is 28.4 Å². The van der Waals surface area contributed by atoms with E-state index in [2.05, 4.69) is 17.0 Å². The number of sulfonamides is 1. The predicted molar refractivity (Wildman–Crippen MR) is 142 cm³/mol. The van der Waals surface area contributed by atoms with Crippen LogP contribution in [0.5, 0.6) is 5.75 Å². The van der Waals surface area contributed by atoms with Gasteiger partial charge < -0.3 is 10.4 Å². The molecule has 0 aliphatic carbocycles. The molecular formula is C26H37ClN2O4S. The Hall–Kier alpha value is -2.25. The molecule has 0 aromatic heterocycles. The van der Waals surface area contributed by atoms with Crippen molar-refractivity contribution in [2.45, 2.75) is 78.1 Å². The molecule has 1 amide bonds. The molecule has 0 saturated heterocycles. The standard InChI is InChI=1S/C26H37ClN2O4S/c1-3-4-5-6-7-8-9-10-11-14-17-34(32,33)29-23-16-13-12-15-21(23)26(31)28-24-19-22(27)20(2)18-25(24)30/h12-13,15-16,18-19,29-30H,3-11,14,17H2,1-2H3,(H,28,31). The summed E-state index contributed by atoms with van der Waals surface area (Å²) in [6.45, 7) is 3.95. The molecule has 0 spiro atoms. The molecule has 0 aliphatic heterocycles. The number of hydrogen-bond acceptors (Lipinski definition) is 4. The number of phenols is 1. The summed E-state index contributed by atoms with van der Waals surface area (Å²) in [4.78, 5) is 12.8. The van der Waals surface area contributed by atoms with E-state index in [0.29, 0.717) is 17.0 Å². The van der Waals surface area contributed by atoms with Gasteiger partial charge in [0, 0.05) is 5.02 Å². The first-order valence-electron chi connectivity index (χ1n) is 12.1. The monoisotopic (exact) mass is 508 g/mol. The van der Waals surface area contributed by atoms with Crippen molar-refractivity contribution >= 4 is 38.9 Å². The maximum atomic E-state index is 12.8. The average molecular weight is 509 g/mol. The molecule has 3 N–H and O–H groups in total. The Morgan fingerprint density at radius 3 is 2.15 bits per heavy atom. The van der Waals surface area contributed by atoms with Crippen LogP contribution < -0.4 is 10.0 Å². The average Bonchev–Trinajstić information content (AvgIpc) is 2.78. The molecule has 8 heteroatoms. The van der Waals surface area contributed by atoms with Gasteiger partial charge in [-0.3, -0.25) is 9.52 Å². The van der Waals surface area contributed by atoms with Crippen molar-refractivity contribution in [3.63, 3.8) is 0 Å². The van der Waals surface area contributed by atoms with Gasteiger partial charge in [-0.15, -0.1) is 0 Å². The number of anilines is 2. The molecule has 188 valence electrons.